The molecule has 2 saturated carbocycles. The number of aromatic nitrogens is 4. The second kappa shape index (κ2) is 4.79. The van der Waals surface area contributed by atoms with Crippen LogP contribution in [0.1, 0.15) is 25.7 Å². The number of halogens is 1. The van der Waals surface area contributed by atoms with Gasteiger partial charge in [0, 0.05) is 17.8 Å². The molecule has 0 saturated heterocycles. The average Bonchev–Trinajstić information content (AvgIpc) is 3.39. The number of rotatable bonds is 5. The number of benzene rings is 1. The van der Waals surface area contributed by atoms with Gasteiger partial charge < -0.3 is 5.73 Å². The minimum Gasteiger partial charge on any atom is -0.398 e. The van der Waals surface area contributed by atoms with Crippen molar-refractivity contribution in [2.24, 2.45) is 17.8 Å². The normalized spacial score (nSPS) is 18.4. The summed E-state index contributed by atoms with van der Waals surface area (Å²) >= 11 is 0. The van der Waals surface area contributed by atoms with Crippen LogP contribution < -0.4 is 5.73 Å². The van der Waals surface area contributed by atoms with Gasteiger partial charge in [-0.2, -0.15) is 0 Å². The predicted molar refractivity (Wildman–Crippen MR) is 76.6 cm³/mol. The van der Waals surface area contributed by atoms with Gasteiger partial charge in [-0.05, 0) is 72.1 Å². The van der Waals surface area contributed by atoms with E-state index >= 15 is 0 Å². The highest BCUT2D eigenvalue weighted by Crippen LogP contribution is 2.50. The van der Waals surface area contributed by atoms with Gasteiger partial charge in [0.1, 0.15) is 5.82 Å². The SMILES string of the molecule is Nc1ccc(F)cc1-c1nnnn1CC(C1CC1)C1CC1. The van der Waals surface area contributed by atoms with Gasteiger partial charge in [-0.15, -0.1) is 5.10 Å². The Balaban J connectivity index is 1.65. The molecule has 0 radical (unpaired) electrons. The summed E-state index contributed by atoms with van der Waals surface area (Å²) in [6.07, 6.45) is 5.28. The van der Waals surface area contributed by atoms with E-state index in [0.29, 0.717) is 23.0 Å². The van der Waals surface area contributed by atoms with Crippen LogP contribution in [0.5, 0.6) is 0 Å². The lowest BCUT2D eigenvalue weighted by molar-refractivity contribution is 0.331. The summed E-state index contributed by atoms with van der Waals surface area (Å²) in [4.78, 5) is 0. The molecular formula is C15H18FN5. The third kappa shape index (κ3) is 2.50. The van der Waals surface area contributed by atoms with Crippen LogP contribution in [0.3, 0.4) is 0 Å². The maximum absolute atomic E-state index is 13.5. The molecule has 1 aromatic carbocycles. The number of tetrazole rings is 1. The molecule has 2 aliphatic carbocycles. The average molecular weight is 287 g/mol. The molecule has 0 aliphatic heterocycles. The first-order valence-electron chi connectivity index (χ1n) is 7.54. The standard InChI is InChI=1S/C15H18FN5/c16-11-5-6-14(17)12(7-11)15-18-19-20-21(15)8-13(9-1-2-9)10-3-4-10/h5-7,9-10,13H,1-4,8,17H2. The van der Waals surface area contributed by atoms with Crippen LogP contribution >= 0.6 is 0 Å². The molecule has 6 heteroatoms. The van der Waals surface area contributed by atoms with Gasteiger partial charge >= 0.3 is 0 Å². The molecule has 1 heterocycles. The van der Waals surface area contributed by atoms with Crippen LogP contribution in [0.25, 0.3) is 11.4 Å². The molecule has 110 valence electrons. The van der Waals surface area contributed by atoms with Gasteiger partial charge in [-0.3, -0.25) is 0 Å². The molecule has 5 nitrogen and oxygen atoms in total. The van der Waals surface area contributed by atoms with E-state index in [1.807, 2.05) is 0 Å². The number of nitrogens with zero attached hydrogens (tertiary/aromatic N) is 4. The second-order valence-corrected chi connectivity index (χ2v) is 6.25. The third-order valence-corrected chi connectivity index (χ3v) is 4.63. The fraction of sp³-hybridized carbons (Fsp3) is 0.533. The Labute approximate surface area is 122 Å². The molecule has 0 amide bonds. The Morgan fingerprint density at radius 3 is 2.62 bits per heavy atom. The van der Waals surface area contributed by atoms with Crippen molar-refractivity contribution in [3.63, 3.8) is 0 Å². The Hall–Kier alpha value is -1.98. The molecular weight excluding hydrogens is 269 g/mol. The fourth-order valence-electron chi connectivity index (χ4n) is 3.17. The smallest absolute Gasteiger partial charge is 0.184 e. The molecule has 0 spiro atoms. The Bertz CT molecular complexity index is 648. The Morgan fingerprint density at radius 1 is 1.24 bits per heavy atom. The molecule has 2 aromatic rings. The van der Waals surface area contributed by atoms with Crippen molar-refractivity contribution >= 4 is 5.69 Å². The van der Waals surface area contributed by atoms with Crippen molar-refractivity contribution in [3.8, 4) is 11.4 Å². The van der Waals surface area contributed by atoms with E-state index in [-0.39, 0.29) is 5.82 Å². The van der Waals surface area contributed by atoms with Gasteiger partial charge in [0.2, 0.25) is 0 Å². The monoisotopic (exact) mass is 287 g/mol. The van der Waals surface area contributed by atoms with Crippen molar-refractivity contribution < 1.29 is 4.39 Å². The highest BCUT2D eigenvalue weighted by atomic mass is 19.1. The number of nitrogens with two attached hydrogens (primary N) is 1. The third-order valence-electron chi connectivity index (χ3n) is 4.63. The summed E-state index contributed by atoms with van der Waals surface area (Å²) in [5.41, 5.74) is 7.03. The van der Waals surface area contributed by atoms with Crippen LogP contribution in [0.2, 0.25) is 0 Å². The summed E-state index contributed by atoms with van der Waals surface area (Å²) in [6.45, 7) is 0.813. The predicted octanol–water partition coefficient (Wildman–Crippen LogP) is 2.50. The van der Waals surface area contributed by atoms with E-state index < -0.39 is 0 Å². The Kier molecular flexibility index (Phi) is 2.90. The summed E-state index contributed by atoms with van der Waals surface area (Å²) in [5.74, 6) is 2.54. The maximum atomic E-state index is 13.5. The van der Waals surface area contributed by atoms with Crippen LogP contribution in [0, 0.1) is 23.6 Å². The number of anilines is 1. The van der Waals surface area contributed by atoms with E-state index in [0.717, 1.165) is 18.4 Å². The lowest BCUT2D eigenvalue weighted by Crippen LogP contribution is -2.17. The van der Waals surface area contributed by atoms with Crippen molar-refractivity contribution in [2.75, 3.05) is 5.73 Å². The lowest BCUT2D eigenvalue weighted by Gasteiger charge is -2.16. The van der Waals surface area contributed by atoms with Crippen molar-refractivity contribution in [2.45, 2.75) is 32.2 Å². The minimum absolute atomic E-state index is 0.324. The number of hydrogen-bond donors (Lipinski definition) is 1. The van der Waals surface area contributed by atoms with Crippen molar-refractivity contribution in [3.05, 3.63) is 24.0 Å². The quantitative estimate of drug-likeness (QED) is 0.858. The molecule has 0 unspecified atom stereocenters. The zero-order valence-corrected chi connectivity index (χ0v) is 11.7. The molecule has 21 heavy (non-hydrogen) atoms. The highest BCUT2D eigenvalue weighted by Gasteiger charge is 2.42. The molecule has 2 aliphatic rings. The summed E-state index contributed by atoms with van der Waals surface area (Å²) in [5, 5.41) is 11.9. The first kappa shape index (κ1) is 12.7. The van der Waals surface area contributed by atoms with Crippen molar-refractivity contribution in [1.29, 1.82) is 0 Å². The minimum atomic E-state index is -0.324. The first-order valence-corrected chi connectivity index (χ1v) is 7.54. The zero-order valence-electron chi connectivity index (χ0n) is 11.7. The van der Waals surface area contributed by atoms with Crippen molar-refractivity contribution in [1.82, 2.24) is 20.2 Å². The van der Waals surface area contributed by atoms with Crippen LogP contribution in [0.4, 0.5) is 10.1 Å². The summed E-state index contributed by atoms with van der Waals surface area (Å²) in [7, 11) is 0. The largest absolute Gasteiger partial charge is 0.398 e. The molecule has 2 fully saturated rings. The van der Waals surface area contributed by atoms with E-state index in [1.165, 1.54) is 37.8 Å². The van der Waals surface area contributed by atoms with Gasteiger partial charge in [0.05, 0.1) is 0 Å². The second-order valence-electron chi connectivity index (χ2n) is 6.25. The number of hydrogen-bond acceptors (Lipinski definition) is 4. The highest BCUT2D eigenvalue weighted by molar-refractivity contribution is 5.71. The molecule has 4 rings (SSSR count). The first-order chi connectivity index (χ1) is 10.2. The van der Waals surface area contributed by atoms with E-state index in [4.69, 9.17) is 5.73 Å². The van der Waals surface area contributed by atoms with Crippen LogP contribution in [-0.2, 0) is 6.54 Å². The number of nitrogen functional groups attached to an aromatic ring is 1. The van der Waals surface area contributed by atoms with Gasteiger partial charge in [-0.25, -0.2) is 9.07 Å². The van der Waals surface area contributed by atoms with Crippen LogP contribution in [0.15, 0.2) is 18.2 Å². The fourth-order valence-corrected chi connectivity index (χ4v) is 3.17. The van der Waals surface area contributed by atoms with E-state index in [1.54, 1.807) is 10.7 Å². The maximum Gasteiger partial charge on any atom is 0.184 e. The van der Waals surface area contributed by atoms with Gasteiger partial charge in [0.25, 0.3) is 0 Å². The van der Waals surface area contributed by atoms with E-state index in [9.17, 15) is 4.39 Å². The topological polar surface area (TPSA) is 69.6 Å². The summed E-state index contributed by atoms with van der Waals surface area (Å²) < 4.78 is 15.3. The molecule has 2 N–H and O–H groups in total. The molecule has 0 atom stereocenters. The van der Waals surface area contributed by atoms with Gasteiger partial charge in [-0.1, -0.05) is 0 Å². The van der Waals surface area contributed by atoms with E-state index in [2.05, 4.69) is 15.5 Å². The molecule has 1 aromatic heterocycles. The zero-order chi connectivity index (χ0) is 14.4. The Morgan fingerprint density at radius 2 is 1.95 bits per heavy atom. The van der Waals surface area contributed by atoms with Gasteiger partial charge in [0.15, 0.2) is 5.82 Å². The lowest BCUT2D eigenvalue weighted by atomic mass is 9.98. The van der Waals surface area contributed by atoms with Crippen LogP contribution in [-0.4, -0.2) is 20.2 Å². The summed E-state index contributed by atoms with van der Waals surface area (Å²) in [6, 6.07) is 4.31. The molecule has 0 bridgehead atoms.